The lowest BCUT2D eigenvalue weighted by molar-refractivity contribution is 0.313. The van der Waals surface area contributed by atoms with E-state index in [4.69, 9.17) is 4.98 Å². The van der Waals surface area contributed by atoms with Crippen LogP contribution in [-0.4, -0.2) is 12.0 Å². The first-order valence-electron chi connectivity index (χ1n) is 7.65. The highest BCUT2D eigenvalue weighted by Crippen LogP contribution is 2.41. The van der Waals surface area contributed by atoms with Gasteiger partial charge in [-0.05, 0) is 68.8 Å². The van der Waals surface area contributed by atoms with E-state index in [1.54, 1.807) is 0 Å². The van der Waals surface area contributed by atoms with Crippen LogP contribution in [0.5, 0.6) is 0 Å². The van der Waals surface area contributed by atoms with Crippen LogP contribution >= 0.6 is 27.3 Å². The van der Waals surface area contributed by atoms with Gasteiger partial charge in [0.1, 0.15) is 5.01 Å². The fourth-order valence-electron chi connectivity index (χ4n) is 3.66. The predicted octanol–water partition coefficient (Wildman–Crippen LogP) is 4.00. The molecule has 0 amide bonds. The minimum atomic E-state index is 0.0375. The Morgan fingerprint density at radius 1 is 1.24 bits per heavy atom. The molecule has 110 valence electrons. The molecule has 0 saturated heterocycles. The van der Waals surface area contributed by atoms with Gasteiger partial charge in [0.05, 0.1) is 11.2 Å². The van der Waals surface area contributed by atoms with E-state index in [1.807, 2.05) is 11.3 Å². The van der Waals surface area contributed by atoms with Gasteiger partial charge in [-0.15, -0.1) is 11.3 Å². The van der Waals surface area contributed by atoms with Gasteiger partial charge in [0.25, 0.3) is 0 Å². The second-order valence-electron chi connectivity index (χ2n) is 6.16. The second-order valence-corrected chi connectivity index (χ2v) is 8.16. The van der Waals surface area contributed by atoms with Crippen molar-refractivity contribution in [1.82, 2.24) is 10.3 Å². The molecule has 4 rings (SSSR count). The van der Waals surface area contributed by atoms with Crippen LogP contribution in [-0.2, 0) is 31.2 Å². The Kier molecular flexibility index (Phi) is 3.43. The number of hydrogen-bond donors (Lipinski definition) is 1. The summed E-state index contributed by atoms with van der Waals surface area (Å²) in [6.07, 6.45) is 7.01. The summed E-state index contributed by atoms with van der Waals surface area (Å²) in [5.74, 6) is 0. The summed E-state index contributed by atoms with van der Waals surface area (Å²) < 4.78 is 1.19. The van der Waals surface area contributed by atoms with Crippen molar-refractivity contribution in [3.05, 3.63) is 49.4 Å². The number of aromatic nitrogens is 1. The third-order valence-corrected chi connectivity index (χ3v) is 6.82. The van der Waals surface area contributed by atoms with Crippen molar-refractivity contribution in [3.63, 3.8) is 0 Å². The molecule has 21 heavy (non-hydrogen) atoms. The minimum absolute atomic E-state index is 0.0375. The first-order chi connectivity index (χ1) is 10.2. The fraction of sp³-hybridized carbons (Fsp3) is 0.471. The highest BCUT2D eigenvalue weighted by atomic mass is 79.9. The smallest absolute Gasteiger partial charge is 0.114 e. The standard InChI is InChI=1S/C17H19BrN2S/c1-19-17(16-20-14-3-2-4-15(14)21-16)8-7-11-9-13(18)6-5-12(11)10-17/h5-6,9,19H,2-4,7-8,10H2,1H3. The van der Waals surface area contributed by atoms with Crippen LogP contribution in [0.3, 0.4) is 0 Å². The monoisotopic (exact) mass is 362 g/mol. The molecule has 2 aliphatic carbocycles. The van der Waals surface area contributed by atoms with Gasteiger partial charge >= 0.3 is 0 Å². The lowest BCUT2D eigenvalue weighted by Crippen LogP contribution is -2.44. The molecular formula is C17H19BrN2S. The minimum Gasteiger partial charge on any atom is -0.308 e. The van der Waals surface area contributed by atoms with Crippen LogP contribution in [0.2, 0.25) is 0 Å². The van der Waals surface area contributed by atoms with Gasteiger partial charge in [0.2, 0.25) is 0 Å². The van der Waals surface area contributed by atoms with E-state index < -0.39 is 0 Å². The van der Waals surface area contributed by atoms with Crippen LogP contribution in [0.25, 0.3) is 0 Å². The van der Waals surface area contributed by atoms with Crippen molar-refractivity contribution >= 4 is 27.3 Å². The molecule has 0 fully saturated rings. The van der Waals surface area contributed by atoms with E-state index in [-0.39, 0.29) is 5.54 Å². The molecule has 1 aromatic heterocycles. The van der Waals surface area contributed by atoms with Crippen molar-refractivity contribution in [1.29, 1.82) is 0 Å². The number of thiazole rings is 1. The number of nitrogens with zero attached hydrogens (tertiary/aromatic N) is 1. The first-order valence-corrected chi connectivity index (χ1v) is 9.26. The molecule has 0 radical (unpaired) electrons. The average Bonchev–Trinajstić information content (AvgIpc) is 3.08. The van der Waals surface area contributed by atoms with Crippen molar-refractivity contribution < 1.29 is 0 Å². The van der Waals surface area contributed by atoms with Crippen molar-refractivity contribution in [2.24, 2.45) is 0 Å². The van der Waals surface area contributed by atoms with E-state index in [0.29, 0.717) is 0 Å². The number of likely N-dealkylation sites (N-methyl/N-ethyl adjacent to an activating group) is 1. The number of benzene rings is 1. The third kappa shape index (κ3) is 2.28. The molecular weight excluding hydrogens is 344 g/mol. The number of nitrogens with one attached hydrogen (secondary N) is 1. The number of rotatable bonds is 2. The SMILES string of the molecule is CNC1(c2nc3c(s2)CCC3)CCc2cc(Br)ccc2C1. The topological polar surface area (TPSA) is 24.9 Å². The molecule has 0 bridgehead atoms. The van der Waals surface area contributed by atoms with Crippen molar-refractivity contribution in [3.8, 4) is 0 Å². The normalized spacial score (nSPS) is 23.9. The zero-order valence-corrected chi connectivity index (χ0v) is 14.6. The summed E-state index contributed by atoms with van der Waals surface area (Å²) in [6, 6.07) is 6.70. The van der Waals surface area contributed by atoms with Gasteiger partial charge in [-0.1, -0.05) is 22.0 Å². The summed E-state index contributed by atoms with van der Waals surface area (Å²) in [5.41, 5.74) is 4.36. The molecule has 2 aliphatic rings. The van der Waals surface area contributed by atoms with Gasteiger partial charge in [-0.3, -0.25) is 0 Å². The maximum atomic E-state index is 4.99. The maximum Gasteiger partial charge on any atom is 0.114 e. The lowest BCUT2D eigenvalue weighted by atomic mass is 9.78. The van der Waals surface area contributed by atoms with Crippen LogP contribution in [0, 0.1) is 0 Å². The highest BCUT2D eigenvalue weighted by molar-refractivity contribution is 9.10. The van der Waals surface area contributed by atoms with Gasteiger partial charge in [-0.2, -0.15) is 0 Å². The van der Waals surface area contributed by atoms with Gasteiger partial charge in [0, 0.05) is 9.35 Å². The molecule has 1 heterocycles. The summed E-state index contributed by atoms with van der Waals surface area (Å²) in [6.45, 7) is 0. The van der Waals surface area contributed by atoms with E-state index in [2.05, 4.69) is 46.5 Å². The number of halogens is 1. The molecule has 1 unspecified atom stereocenters. The zero-order chi connectivity index (χ0) is 14.4. The van der Waals surface area contributed by atoms with E-state index in [1.165, 1.54) is 50.4 Å². The molecule has 0 spiro atoms. The highest BCUT2D eigenvalue weighted by Gasteiger charge is 2.38. The fourth-order valence-corrected chi connectivity index (χ4v) is 5.44. The lowest BCUT2D eigenvalue weighted by Gasteiger charge is -2.36. The molecule has 1 N–H and O–H groups in total. The first kappa shape index (κ1) is 13.9. The van der Waals surface area contributed by atoms with Crippen molar-refractivity contribution in [2.75, 3.05) is 7.05 Å². The van der Waals surface area contributed by atoms with Crippen LogP contribution in [0.1, 0.15) is 39.5 Å². The molecule has 2 aromatic rings. The molecule has 2 nitrogen and oxygen atoms in total. The number of hydrogen-bond acceptors (Lipinski definition) is 3. The van der Waals surface area contributed by atoms with Gasteiger partial charge < -0.3 is 5.32 Å². The third-order valence-electron chi connectivity index (χ3n) is 4.97. The number of aryl methyl sites for hydroxylation is 3. The van der Waals surface area contributed by atoms with E-state index in [0.717, 1.165) is 19.3 Å². The van der Waals surface area contributed by atoms with Gasteiger partial charge in [0.15, 0.2) is 0 Å². The second kappa shape index (κ2) is 5.18. The van der Waals surface area contributed by atoms with Crippen LogP contribution in [0.4, 0.5) is 0 Å². The summed E-state index contributed by atoms with van der Waals surface area (Å²) in [4.78, 5) is 6.52. The Bertz CT molecular complexity index is 673. The summed E-state index contributed by atoms with van der Waals surface area (Å²) in [5, 5.41) is 4.92. The molecule has 1 aromatic carbocycles. The molecule has 1 atom stereocenters. The Labute approximate surface area is 138 Å². The molecule has 4 heteroatoms. The summed E-state index contributed by atoms with van der Waals surface area (Å²) in [7, 11) is 2.09. The van der Waals surface area contributed by atoms with E-state index in [9.17, 15) is 0 Å². The Balaban J connectivity index is 1.72. The van der Waals surface area contributed by atoms with Gasteiger partial charge in [-0.25, -0.2) is 4.98 Å². The van der Waals surface area contributed by atoms with Crippen LogP contribution in [0.15, 0.2) is 22.7 Å². The largest absolute Gasteiger partial charge is 0.308 e. The zero-order valence-electron chi connectivity index (χ0n) is 12.2. The number of fused-ring (bicyclic) bond motifs is 2. The Morgan fingerprint density at radius 3 is 2.95 bits per heavy atom. The quantitative estimate of drug-likeness (QED) is 0.873. The molecule has 0 aliphatic heterocycles. The maximum absolute atomic E-state index is 4.99. The van der Waals surface area contributed by atoms with Crippen LogP contribution < -0.4 is 5.32 Å². The predicted molar refractivity (Wildman–Crippen MR) is 91.0 cm³/mol. The van der Waals surface area contributed by atoms with E-state index >= 15 is 0 Å². The Morgan fingerprint density at radius 2 is 2.14 bits per heavy atom. The Hall–Kier alpha value is -0.710. The average molecular weight is 363 g/mol. The summed E-state index contributed by atoms with van der Waals surface area (Å²) >= 11 is 5.53. The molecule has 0 saturated carbocycles. The van der Waals surface area contributed by atoms with Crippen molar-refractivity contribution in [2.45, 2.75) is 44.1 Å².